The minimum atomic E-state index is -0.267. The summed E-state index contributed by atoms with van der Waals surface area (Å²) >= 11 is 0. The molecule has 0 fully saturated rings. The average molecular weight is 281 g/mol. The number of anilines is 2. The van der Waals surface area contributed by atoms with Gasteiger partial charge >= 0.3 is 0 Å². The van der Waals surface area contributed by atoms with Crippen LogP contribution in [0.1, 0.15) is 17.4 Å². The third-order valence-electron chi connectivity index (χ3n) is 3.31. The fourth-order valence-electron chi connectivity index (χ4n) is 2.30. The van der Waals surface area contributed by atoms with Gasteiger partial charge in [-0.2, -0.15) is 5.10 Å². The van der Waals surface area contributed by atoms with Gasteiger partial charge in [0.15, 0.2) is 0 Å². The lowest BCUT2D eigenvalue weighted by Gasteiger charge is -2.10. The lowest BCUT2D eigenvalue weighted by Crippen LogP contribution is -2.19. The van der Waals surface area contributed by atoms with Crippen molar-refractivity contribution < 1.29 is 4.79 Å². The van der Waals surface area contributed by atoms with Crippen molar-refractivity contribution in [1.82, 2.24) is 14.8 Å². The summed E-state index contributed by atoms with van der Waals surface area (Å²) in [5.74, 6) is -0.267. The van der Waals surface area contributed by atoms with Crippen LogP contribution in [0.4, 0.5) is 11.4 Å². The third kappa shape index (κ3) is 2.31. The Hall–Kier alpha value is -2.89. The standard InChI is InChI=1S/C15H15N5O/c1-2-20-14(12(16)9-18-20)15(21)19-13-5-3-4-10-8-17-7-6-11(10)13/h3-9H,2,16H2,1H3,(H,19,21). The second-order valence-electron chi connectivity index (χ2n) is 4.62. The van der Waals surface area contributed by atoms with Crippen LogP contribution in [0.3, 0.4) is 0 Å². The number of amides is 1. The van der Waals surface area contributed by atoms with E-state index in [1.165, 1.54) is 6.20 Å². The third-order valence-corrected chi connectivity index (χ3v) is 3.31. The van der Waals surface area contributed by atoms with Crippen LogP contribution >= 0.6 is 0 Å². The lowest BCUT2D eigenvalue weighted by atomic mass is 10.1. The van der Waals surface area contributed by atoms with E-state index < -0.39 is 0 Å². The van der Waals surface area contributed by atoms with Gasteiger partial charge in [0, 0.05) is 35.4 Å². The highest BCUT2D eigenvalue weighted by molar-refractivity contribution is 6.10. The van der Waals surface area contributed by atoms with E-state index in [9.17, 15) is 4.79 Å². The van der Waals surface area contributed by atoms with Crippen LogP contribution in [-0.2, 0) is 6.54 Å². The van der Waals surface area contributed by atoms with E-state index in [4.69, 9.17) is 5.73 Å². The molecule has 0 saturated heterocycles. The number of carbonyl (C=O) groups is 1. The van der Waals surface area contributed by atoms with E-state index >= 15 is 0 Å². The van der Waals surface area contributed by atoms with E-state index in [0.29, 0.717) is 17.9 Å². The summed E-state index contributed by atoms with van der Waals surface area (Å²) in [4.78, 5) is 16.5. The summed E-state index contributed by atoms with van der Waals surface area (Å²) in [6, 6.07) is 7.54. The zero-order valence-corrected chi connectivity index (χ0v) is 11.6. The van der Waals surface area contributed by atoms with Crippen molar-refractivity contribution in [2.24, 2.45) is 0 Å². The molecule has 6 heteroatoms. The molecular formula is C15H15N5O. The number of aromatic nitrogens is 3. The molecule has 0 unspecified atom stereocenters. The highest BCUT2D eigenvalue weighted by Crippen LogP contribution is 2.23. The first-order valence-electron chi connectivity index (χ1n) is 6.66. The molecule has 3 rings (SSSR count). The van der Waals surface area contributed by atoms with Crippen molar-refractivity contribution in [3.63, 3.8) is 0 Å². The molecule has 0 aliphatic heterocycles. The van der Waals surface area contributed by atoms with Gasteiger partial charge in [-0.3, -0.25) is 14.5 Å². The van der Waals surface area contributed by atoms with Crippen LogP contribution < -0.4 is 11.1 Å². The summed E-state index contributed by atoms with van der Waals surface area (Å²) in [5.41, 5.74) is 7.30. The van der Waals surface area contributed by atoms with Gasteiger partial charge in [0.05, 0.1) is 11.9 Å². The molecular weight excluding hydrogens is 266 g/mol. The predicted octanol–water partition coefficient (Wildman–Crippen LogP) is 2.29. The highest BCUT2D eigenvalue weighted by Gasteiger charge is 2.16. The van der Waals surface area contributed by atoms with E-state index in [1.807, 2.05) is 31.2 Å². The summed E-state index contributed by atoms with van der Waals surface area (Å²) in [5, 5.41) is 8.87. The van der Waals surface area contributed by atoms with Gasteiger partial charge in [0.2, 0.25) is 0 Å². The number of nitrogens with zero attached hydrogens (tertiary/aromatic N) is 3. The first-order valence-corrected chi connectivity index (χ1v) is 6.66. The zero-order chi connectivity index (χ0) is 14.8. The number of hydrogen-bond donors (Lipinski definition) is 2. The Labute approximate surface area is 121 Å². The molecule has 1 amide bonds. The number of nitrogens with two attached hydrogens (primary N) is 1. The molecule has 6 nitrogen and oxygen atoms in total. The van der Waals surface area contributed by atoms with Crippen molar-refractivity contribution in [2.75, 3.05) is 11.1 Å². The van der Waals surface area contributed by atoms with Gasteiger partial charge < -0.3 is 11.1 Å². The Morgan fingerprint density at radius 2 is 2.19 bits per heavy atom. The fourth-order valence-corrected chi connectivity index (χ4v) is 2.30. The number of aryl methyl sites for hydroxylation is 1. The Kier molecular flexibility index (Phi) is 3.27. The molecule has 0 spiro atoms. The Morgan fingerprint density at radius 1 is 1.33 bits per heavy atom. The molecule has 3 N–H and O–H groups in total. The Bertz CT molecular complexity index is 803. The number of nitrogen functional groups attached to an aromatic ring is 1. The van der Waals surface area contributed by atoms with E-state index in [0.717, 1.165) is 16.5 Å². The molecule has 1 aromatic carbocycles. The molecule has 0 bridgehead atoms. The predicted molar refractivity (Wildman–Crippen MR) is 82.0 cm³/mol. The molecule has 2 heterocycles. The number of nitrogens with one attached hydrogen (secondary N) is 1. The quantitative estimate of drug-likeness (QED) is 0.771. The maximum absolute atomic E-state index is 12.5. The smallest absolute Gasteiger partial charge is 0.276 e. The van der Waals surface area contributed by atoms with Crippen molar-refractivity contribution in [2.45, 2.75) is 13.5 Å². The molecule has 0 radical (unpaired) electrons. The topological polar surface area (TPSA) is 85.8 Å². The van der Waals surface area contributed by atoms with E-state index in [2.05, 4.69) is 15.4 Å². The Morgan fingerprint density at radius 3 is 3.00 bits per heavy atom. The van der Waals surface area contributed by atoms with Crippen LogP contribution in [-0.4, -0.2) is 20.7 Å². The van der Waals surface area contributed by atoms with E-state index in [1.54, 1.807) is 17.1 Å². The van der Waals surface area contributed by atoms with Crippen molar-refractivity contribution in [3.8, 4) is 0 Å². The number of pyridine rings is 1. The minimum Gasteiger partial charge on any atom is -0.396 e. The summed E-state index contributed by atoms with van der Waals surface area (Å²) in [6.45, 7) is 2.49. The van der Waals surface area contributed by atoms with Crippen LogP contribution in [0.2, 0.25) is 0 Å². The maximum atomic E-state index is 12.5. The SMILES string of the molecule is CCn1ncc(N)c1C(=O)Nc1cccc2cnccc12. The summed E-state index contributed by atoms with van der Waals surface area (Å²) in [7, 11) is 0. The van der Waals surface area contributed by atoms with Gasteiger partial charge in [0.25, 0.3) is 5.91 Å². The lowest BCUT2D eigenvalue weighted by molar-refractivity contribution is 0.101. The Balaban J connectivity index is 1.99. The van der Waals surface area contributed by atoms with Gasteiger partial charge in [0.1, 0.15) is 5.69 Å². The molecule has 21 heavy (non-hydrogen) atoms. The largest absolute Gasteiger partial charge is 0.396 e. The van der Waals surface area contributed by atoms with Crippen molar-refractivity contribution in [1.29, 1.82) is 0 Å². The second kappa shape index (κ2) is 5.24. The van der Waals surface area contributed by atoms with Crippen molar-refractivity contribution >= 4 is 28.1 Å². The normalized spacial score (nSPS) is 10.7. The maximum Gasteiger partial charge on any atom is 0.276 e. The summed E-state index contributed by atoms with van der Waals surface area (Å²) < 4.78 is 1.58. The molecule has 0 aliphatic rings. The molecule has 0 aliphatic carbocycles. The van der Waals surface area contributed by atoms with Gasteiger partial charge in [-0.25, -0.2) is 0 Å². The first-order chi connectivity index (χ1) is 10.2. The van der Waals surface area contributed by atoms with Gasteiger partial charge in [-0.1, -0.05) is 12.1 Å². The molecule has 106 valence electrons. The molecule has 0 saturated carbocycles. The van der Waals surface area contributed by atoms with Crippen LogP contribution in [0.5, 0.6) is 0 Å². The molecule has 3 aromatic rings. The first kappa shape index (κ1) is 13.1. The zero-order valence-electron chi connectivity index (χ0n) is 11.6. The summed E-state index contributed by atoms with van der Waals surface area (Å²) in [6.07, 6.45) is 4.95. The second-order valence-corrected chi connectivity index (χ2v) is 4.62. The van der Waals surface area contributed by atoms with Gasteiger partial charge in [-0.05, 0) is 19.1 Å². The monoisotopic (exact) mass is 281 g/mol. The van der Waals surface area contributed by atoms with Gasteiger partial charge in [-0.15, -0.1) is 0 Å². The van der Waals surface area contributed by atoms with E-state index in [-0.39, 0.29) is 5.91 Å². The highest BCUT2D eigenvalue weighted by atomic mass is 16.2. The molecule has 0 atom stereocenters. The number of carbonyl (C=O) groups excluding carboxylic acids is 1. The molecule has 2 aromatic heterocycles. The fraction of sp³-hybridized carbons (Fsp3) is 0.133. The number of benzene rings is 1. The number of rotatable bonds is 3. The average Bonchev–Trinajstić information content (AvgIpc) is 2.88. The van der Waals surface area contributed by atoms with Crippen LogP contribution in [0, 0.1) is 0 Å². The van der Waals surface area contributed by atoms with Crippen LogP contribution in [0.15, 0.2) is 42.9 Å². The number of fused-ring (bicyclic) bond motifs is 1. The number of hydrogen-bond acceptors (Lipinski definition) is 4. The minimum absolute atomic E-state index is 0.267. The van der Waals surface area contributed by atoms with Crippen LogP contribution in [0.25, 0.3) is 10.8 Å². The van der Waals surface area contributed by atoms with Crippen molar-refractivity contribution in [3.05, 3.63) is 48.5 Å².